The van der Waals surface area contributed by atoms with Crippen LogP contribution < -0.4 is 5.73 Å². The monoisotopic (exact) mass is 249 g/mol. The van der Waals surface area contributed by atoms with Gasteiger partial charge in [0.15, 0.2) is 0 Å². The fourth-order valence-electron chi connectivity index (χ4n) is 2.25. The largest absolute Gasteiger partial charge is 0.372 e. The highest BCUT2D eigenvalue weighted by Gasteiger charge is 2.26. The molecule has 1 amide bonds. The molecule has 2 unspecified atom stereocenters. The van der Waals surface area contributed by atoms with E-state index in [0.717, 1.165) is 5.69 Å². The molecule has 0 radical (unpaired) electrons. The van der Waals surface area contributed by atoms with Gasteiger partial charge in [-0.2, -0.15) is 0 Å². The molecule has 0 bridgehead atoms. The molecule has 1 aliphatic rings. The van der Waals surface area contributed by atoms with Gasteiger partial charge >= 0.3 is 0 Å². The molecule has 18 heavy (non-hydrogen) atoms. The molecule has 1 aliphatic heterocycles. The van der Waals surface area contributed by atoms with E-state index < -0.39 is 0 Å². The number of hydrogen-bond donors (Lipinski definition) is 1. The maximum Gasteiger partial charge on any atom is 0.254 e. The average molecular weight is 249 g/mol. The molecule has 2 atom stereocenters. The number of ether oxygens (including phenoxy) is 1. The SMILES string of the molecule is CC1CN(C(=O)c2ccnc(CN)c2)CC(C)O1. The normalized spacial score (nSPS) is 24.1. The van der Waals surface area contributed by atoms with Gasteiger partial charge < -0.3 is 15.4 Å². The van der Waals surface area contributed by atoms with Crippen LogP contribution in [0.25, 0.3) is 0 Å². The van der Waals surface area contributed by atoms with Crippen LogP contribution in [-0.4, -0.2) is 41.1 Å². The van der Waals surface area contributed by atoms with E-state index in [4.69, 9.17) is 10.5 Å². The van der Waals surface area contributed by atoms with Crippen LogP contribution in [0, 0.1) is 0 Å². The Morgan fingerprint density at radius 3 is 2.78 bits per heavy atom. The van der Waals surface area contributed by atoms with Crippen molar-refractivity contribution in [1.29, 1.82) is 0 Å². The van der Waals surface area contributed by atoms with E-state index >= 15 is 0 Å². The zero-order chi connectivity index (χ0) is 13.1. The van der Waals surface area contributed by atoms with Gasteiger partial charge in [0.25, 0.3) is 5.91 Å². The number of pyridine rings is 1. The maximum absolute atomic E-state index is 12.4. The van der Waals surface area contributed by atoms with Crippen LogP contribution >= 0.6 is 0 Å². The molecule has 0 saturated carbocycles. The summed E-state index contributed by atoms with van der Waals surface area (Å²) in [4.78, 5) is 18.3. The Morgan fingerprint density at radius 2 is 2.17 bits per heavy atom. The Balaban J connectivity index is 2.14. The summed E-state index contributed by atoms with van der Waals surface area (Å²) in [5, 5.41) is 0. The lowest BCUT2D eigenvalue weighted by atomic mass is 10.1. The summed E-state index contributed by atoms with van der Waals surface area (Å²) in [6.07, 6.45) is 1.78. The fourth-order valence-corrected chi connectivity index (χ4v) is 2.25. The average Bonchev–Trinajstić information content (AvgIpc) is 2.37. The number of nitrogens with zero attached hydrogens (tertiary/aromatic N) is 2. The lowest BCUT2D eigenvalue weighted by Gasteiger charge is -2.35. The summed E-state index contributed by atoms with van der Waals surface area (Å²) in [7, 11) is 0. The van der Waals surface area contributed by atoms with E-state index in [1.165, 1.54) is 0 Å². The van der Waals surface area contributed by atoms with Crippen molar-refractivity contribution in [3.05, 3.63) is 29.6 Å². The maximum atomic E-state index is 12.4. The zero-order valence-corrected chi connectivity index (χ0v) is 10.8. The molecular formula is C13H19N3O2. The van der Waals surface area contributed by atoms with Crippen LogP contribution in [-0.2, 0) is 11.3 Å². The smallest absolute Gasteiger partial charge is 0.254 e. The summed E-state index contributed by atoms with van der Waals surface area (Å²) >= 11 is 0. The van der Waals surface area contributed by atoms with E-state index in [-0.39, 0.29) is 18.1 Å². The summed E-state index contributed by atoms with van der Waals surface area (Å²) < 4.78 is 5.62. The van der Waals surface area contributed by atoms with Gasteiger partial charge in [0.2, 0.25) is 0 Å². The van der Waals surface area contributed by atoms with Gasteiger partial charge in [0.1, 0.15) is 0 Å². The second-order valence-corrected chi connectivity index (χ2v) is 4.71. The van der Waals surface area contributed by atoms with Gasteiger partial charge in [-0.15, -0.1) is 0 Å². The van der Waals surface area contributed by atoms with Gasteiger partial charge in [0.05, 0.1) is 17.9 Å². The summed E-state index contributed by atoms with van der Waals surface area (Å²) in [6.45, 7) is 5.56. The molecule has 1 aromatic heterocycles. The standard InChI is InChI=1S/C13H19N3O2/c1-9-7-16(8-10(2)18-9)13(17)11-3-4-15-12(5-11)6-14/h3-5,9-10H,6-8,14H2,1-2H3. The molecule has 1 aromatic rings. The minimum absolute atomic E-state index is 0.0223. The molecule has 2 heterocycles. The fraction of sp³-hybridized carbons (Fsp3) is 0.538. The molecule has 2 N–H and O–H groups in total. The van der Waals surface area contributed by atoms with Crippen molar-refractivity contribution in [2.45, 2.75) is 32.6 Å². The molecule has 98 valence electrons. The molecule has 1 saturated heterocycles. The molecule has 1 fully saturated rings. The minimum atomic E-state index is 0.0223. The van der Waals surface area contributed by atoms with Crippen LogP contribution in [0.3, 0.4) is 0 Å². The van der Waals surface area contributed by atoms with Crippen LogP contribution in [0.15, 0.2) is 18.3 Å². The first-order valence-corrected chi connectivity index (χ1v) is 6.20. The van der Waals surface area contributed by atoms with Crippen molar-refractivity contribution in [2.24, 2.45) is 5.73 Å². The van der Waals surface area contributed by atoms with Crippen molar-refractivity contribution < 1.29 is 9.53 Å². The number of rotatable bonds is 2. The van der Waals surface area contributed by atoms with Crippen molar-refractivity contribution in [2.75, 3.05) is 13.1 Å². The predicted molar refractivity (Wildman–Crippen MR) is 68.0 cm³/mol. The van der Waals surface area contributed by atoms with E-state index in [1.807, 2.05) is 18.7 Å². The summed E-state index contributed by atoms with van der Waals surface area (Å²) in [5.74, 6) is 0.0223. The van der Waals surface area contributed by atoms with Gasteiger partial charge in [-0.1, -0.05) is 0 Å². The number of nitrogens with two attached hydrogens (primary N) is 1. The second-order valence-electron chi connectivity index (χ2n) is 4.71. The lowest BCUT2D eigenvalue weighted by Crippen LogP contribution is -2.48. The third kappa shape index (κ3) is 2.86. The Morgan fingerprint density at radius 1 is 1.50 bits per heavy atom. The van der Waals surface area contributed by atoms with Crippen LogP contribution in [0.5, 0.6) is 0 Å². The number of aromatic nitrogens is 1. The molecule has 5 nitrogen and oxygen atoms in total. The summed E-state index contributed by atoms with van der Waals surface area (Å²) in [6, 6.07) is 3.49. The van der Waals surface area contributed by atoms with Crippen LogP contribution in [0.4, 0.5) is 0 Å². The highest BCUT2D eigenvalue weighted by atomic mass is 16.5. The van der Waals surface area contributed by atoms with E-state index in [1.54, 1.807) is 18.3 Å². The third-order valence-corrected chi connectivity index (χ3v) is 2.98. The van der Waals surface area contributed by atoms with Crippen LogP contribution in [0.2, 0.25) is 0 Å². The summed E-state index contributed by atoms with van der Waals surface area (Å²) in [5.41, 5.74) is 6.91. The van der Waals surface area contributed by atoms with Crippen molar-refractivity contribution >= 4 is 5.91 Å². The molecule has 2 rings (SSSR count). The highest BCUT2D eigenvalue weighted by molar-refractivity contribution is 5.94. The molecule has 0 aromatic carbocycles. The minimum Gasteiger partial charge on any atom is -0.372 e. The van der Waals surface area contributed by atoms with Gasteiger partial charge in [-0.25, -0.2) is 0 Å². The Bertz CT molecular complexity index is 426. The number of morpholine rings is 1. The number of hydrogen-bond acceptors (Lipinski definition) is 4. The van der Waals surface area contributed by atoms with Crippen molar-refractivity contribution in [1.82, 2.24) is 9.88 Å². The molecular weight excluding hydrogens is 230 g/mol. The Kier molecular flexibility index (Phi) is 3.93. The molecule has 0 aliphatic carbocycles. The third-order valence-electron chi connectivity index (χ3n) is 2.98. The number of amides is 1. The quantitative estimate of drug-likeness (QED) is 0.841. The topological polar surface area (TPSA) is 68.5 Å². The second kappa shape index (κ2) is 5.46. The van der Waals surface area contributed by atoms with Crippen molar-refractivity contribution in [3.63, 3.8) is 0 Å². The first-order chi connectivity index (χ1) is 8.60. The van der Waals surface area contributed by atoms with E-state index in [2.05, 4.69) is 4.98 Å². The van der Waals surface area contributed by atoms with E-state index in [9.17, 15) is 4.79 Å². The molecule has 5 heteroatoms. The highest BCUT2D eigenvalue weighted by Crippen LogP contribution is 2.14. The molecule has 0 spiro atoms. The van der Waals surface area contributed by atoms with Gasteiger partial charge in [-0.3, -0.25) is 9.78 Å². The lowest BCUT2D eigenvalue weighted by molar-refractivity contribution is -0.0586. The number of carbonyl (C=O) groups excluding carboxylic acids is 1. The first-order valence-electron chi connectivity index (χ1n) is 6.20. The Hall–Kier alpha value is -1.46. The Labute approximate surface area is 107 Å². The van der Waals surface area contributed by atoms with E-state index in [0.29, 0.717) is 25.2 Å². The van der Waals surface area contributed by atoms with Crippen molar-refractivity contribution in [3.8, 4) is 0 Å². The first kappa shape index (κ1) is 13.0. The van der Waals surface area contributed by atoms with Crippen LogP contribution in [0.1, 0.15) is 29.9 Å². The van der Waals surface area contributed by atoms with Gasteiger partial charge in [0, 0.05) is 31.4 Å². The zero-order valence-electron chi connectivity index (χ0n) is 10.8. The van der Waals surface area contributed by atoms with Gasteiger partial charge in [-0.05, 0) is 26.0 Å². The number of carbonyl (C=O) groups is 1. The predicted octanol–water partition coefficient (Wildman–Crippen LogP) is 0.790.